The summed E-state index contributed by atoms with van der Waals surface area (Å²) in [6.07, 6.45) is 7.35. The Kier molecular flexibility index (Phi) is 3.62. The van der Waals surface area contributed by atoms with Gasteiger partial charge < -0.3 is 10.1 Å². The SMILES string of the molecule is CC1(CNC2=NCCCCC2)CCCO1. The van der Waals surface area contributed by atoms with Crippen LogP contribution in [0.25, 0.3) is 0 Å². The zero-order valence-corrected chi connectivity index (χ0v) is 9.72. The summed E-state index contributed by atoms with van der Waals surface area (Å²) >= 11 is 0. The minimum Gasteiger partial charge on any atom is -0.373 e. The van der Waals surface area contributed by atoms with Gasteiger partial charge in [0.25, 0.3) is 0 Å². The van der Waals surface area contributed by atoms with Gasteiger partial charge in [-0.15, -0.1) is 0 Å². The molecule has 2 heterocycles. The van der Waals surface area contributed by atoms with Crippen LogP contribution in [0.3, 0.4) is 0 Å². The van der Waals surface area contributed by atoms with Crippen molar-refractivity contribution >= 4 is 5.84 Å². The van der Waals surface area contributed by atoms with Gasteiger partial charge in [-0.25, -0.2) is 0 Å². The van der Waals surface area contributed by atoms with Crippen molar-refractivity contribution in [1.82, 2.24) is 5.32 Å². The second-order valence-corrected chi connectivity index (χ2v) is 4.89. The Bertz CT molecular complexity index is 232. The first-order chi connectivity index (χ1) is 7.29. The molecular weight excluding hydrogens is 188 g/mol. The summed E-state index contributed by atoms with van der Waals surface area (Å²) in [4.78, 5) is 4.57. The normalized spacial score (nSPS) is 32.2. The van der Waals surface area contributed by atoms with Gasteiger partial charge in [0.2, 0.25) is 0 Å². The number of rotatable bonds is 2. The van der Waals surface area contributed by atoms with E-state index in [1.807, 2.05) is 0 Å². The smallest absolute Gasteiger partial charge is 0.0964 e. The van der Waals surface area contributed by atoms with Crippen LogP contribution in [0, 0.1) is 0 Å². The predicted octanol–water partition coefficient (Wildman–Crippen LogP) is 2.12. The predicted molar refractivity (Wildman–Crippen MR) is 62.4 cm³/mol. The van der Waals surface area contributed by atoms with E-state index in [-0.39, 0.29) is 5.60 Å². The zero-order valence-electron chi connectivity index (χ0n) is 9.72. The van der Waals surface area contributed by atoms with Gasteiger partial charge in [-0.3, -0.25) is 4.99 Å². The van der Waals surface area contributed by atoms with Gasteiger partial charge in [0.05, 0.1) is 11.4 Å². The monoisotopic (exact) mass is 210 g/mol. The molecule has 0 aromatic rings. The van der Waals surface area contributed by atoms with Gasteiger partial charge in [0.1, 0.15) is 0 Å². The molecule has 0 aromatic heterocycles. The summed E-state index contributed by atoms with van der Waals surface area (Å²) in [7, 11) is 0. The molecule has 2 aliphatic rings. The molecule has 1 unspecified atom stereocenters. The fourth-order valence-corrected chi connectivity index (χ4v) is 2.28. The maximum Gasteiger partial charge on any atom is 0.0964 e. The molecule has 1 fully saturated rings. The van der Waals surface area contributed by atoms with E-state index in [0.29, 0.717) is 0 Å². The Morgan fingerprint density at radius 2 is 2.27 bits per heavy atom. The lowest BCUT2D eigenvalue weighted by atomic mass is 10.0. The Labute approximate surface area is 92.3 Å². The molecule has 0 radical (unpaired) electrons. The van der Waals surface area contributed by atoms with Gasteiger partial charge in [-0.2, -0.15) is 0 Å². The number of aliphatic imine (C=N–C) groups is 1. The van der Waals surface area contributed by atoms with E-state index >= 15 is 0 Å². The molecule has 15 heavy (non-hydrogen) atoms. The zero-order chi connectivity index (χ0) is 10.6. The van der Waals surface area contributed by atoms with Gasteiger partial charge >= 0.3 is 0 Å². The molecule has 0 saturated carbocycles. The maximum absolute atomic E-state index is 5.75. The quantitative estimate of drug-likeness (QED) is 0.757. The number of ether oxygens (including phenoxy) is 1. The first-order valence-corrected chi connectivity index (χ1v) is 6.20. The highest BCUT2D eigenvalue weighted by Gasteiger charge is 2.29. The number of amidine groups is 1. The summed E-state index contributed by atoms with van der Waals surface area (Å²) in [5, 5.41) is 3.47. The van der Waals surface area contributed by atoms with E-state index in [9.17, 15) is 0 Å². The van der Waals surface area contributed by atoms with Crippen LogP contribution in [0.2, 0.25) is 0 Å². The molecule has 3 nitrogen and oxygen atoms in total. The van der Waals surface area contributed by atoms with Crippen LogP contribution in [0.1, 0.15) is 45.4 Å². The molecule has 0 aromatic carbocycles. The van der Waals surface area contributed by atoms with Crippen LogP contribution >= 0.6 is 0 Å². The summed E-state index contributed by atoms with van der Waals surface area (Å²) < 4.78 is 5.75. The van der Waals surface area contributed by atoms with Gasteiger partial charge in [0.15, 0.2) is 0 Å². The van der Waals surface area contributed by atoms with E-state index in [0.717, 1.165) is 26.1 Å². The molecule has 1 saturated heterocycles. The number of nitrogens with zero attached hydrogens (tertiary/aromatic N) is 1. The molecule has 86 valence electrons. The van der Waals surface area contributed by atoms with E-state index in [4.69, 9.17) is 4.74 Å². The minimum absolute atomic E-state index is 0.0504. The van der Waals surface area contributed by atoms with Crippen LogP contribution in [-0.2, 0) is 4.74 Å². The first kappa shape index (κ1) is 10.9. The van der Waals surface area contributed by atoms with Crippen LogP contribution in [-0.4, -0.2) is 31.1 Å². The Balaban J connectivity index is 1.78. The fourth-order valence-electron chi connectivity index (χ4n) is 2.28. The Morgan fingerprint density at radius 3 is 3.07 bits per heavy atom. The van der Waals surface area contributed by atoms with Crippen molar-refractivity contribution in [2.45, 2.75) is 51.0 Å². The van der Waals surface area contributed by atoms with Crippen molar-refractivity contribution in [3.8, 4) is 0 Å². The van der Waals surface area contributed by atoms with Crippen LogP contribution < -0.4 is 5.32 Å². The number of hydrogen-bond acceptors (Lipinski definition) is 3. The van der Waals surface area contributed by atoms with Crippen molar-refractivity contribution in [2.75, 3.05) is 19.7 Å². The highest BCUT2D eigenvalue weighted by atomic mass is 16.5. The number of hydrogen-bond donors (Lipinski definition) is 1. The molecule has 1 N–H and O–H groups in total. The summed E-state index contributed by atoms with van der Waals surface area (Å²) in [5.41, 5.74) is 0.0504. The fraction of sp³-hybridized carbons (Fsp3) is 0.917. The second kappa shape index (κ2) is 4.97. The number of nitrogens with one attached hydrogen (secondary N) is 1. The molecule has 0 bridgehead atoms. The molecule has 2 aliphatic heterocycles. The van der Waals surface area contributed by atoms with Gasteiger partial charge in [-0.05, 0) is 32.6 Å². The van der Waals surface area contributed by atoms with E-state index in [1.165, 1.54) is 37.9 Å². The largest absolute Gasteiger partial charge is 0.373 e. The van der Waals surface area contributed by atoms with E-state index < -0.39 is 0 Å². The van der Waals surface area contributed by atoms with Crippen molar-refractivity contribution < 1.29 is 4.74 Å². The first-order valence-electron chi connectivity index (χ1n) is 6.20. The molecule has 3 heteroatoms. The minimum atomic E-state index is 0.0504. The molecule has 2 rings (SSSR count). The average Bonchev–Trinajstić information content (AvgIpc) is 2.53. The third kappa shape index (κ3) is 3.20. The van der Waals surface area contributed by atoms with Crippen LogP contribution in [0.5, 0.6) is 0 Å². The lowest BCUT2D eigenvalue weighted by molar-refractivity contribution is 0.0243. The summed E-state index contributed by atoms with van der Waals surface area (Å²) in [5.74, 6) is 1.20. The third-order valence-electron chi connectivity index (χ3n) is 3.34. The van der Waals surface area contributed by atoms with Gasteiger partial charge in [-0.1, -0.05) is 6.42 Å². The molecule has 1 atom stereocenters. The van der Waals surface area contributed by atoms with Crippen molar-refractivity contribution in [3.63, 3.8) is 0 Å². The van der Waals surface area contributed by atoms with E-state index in [2.05, 4.69) is 17.2 Å². The second-order valence-electron chi connectivity index (χ2n) is 4.89. The summed E-state index contributed by atoms with van der Waals surface area (Å²) in [6, 6.07) is 0. The van der Waals surface area contributed by atoms with Crippen molar-refractivity contribution in [2.24, 2.45) is 4.99 Å². The Hall–Kier alpha value is -0.570. The molecule has 0 amide bonds. The topological polar surface area (TPSA) is 33.6 Å². The van der Waals surface area contributed by atoms with Crippen LogP contribution in [0.15, 0.2) is 4.99 Å². The lowest BCUT2D eigenvalue weighted by Gasteiger charge is -2.24. The average molecular weight is 210 g/mol. The van der Waals surface area contributed by atoms with Crippen molar-refractivity contribution in [1.29, 1.82) is 0 Å². The van der Waals surface area contributed by atoms with E-state index in [1.54, 1.807) is 0 Å². The summed E-state index contributed by atoms with van der Waals surface area (Å²) in [6.45, 7) is 5.04. The highest BCUT2D eigenvalue weighted by Crippen LogP contribution is 2.24. The molecule has 0 spiro atoms. The molecule has 0 aliphatic carbocycles. The standard InChI is InChI=1S/C12H22N2O/c1-12(7-5-9-15-12)10-14-11-6-3-2-4-8-13-11/h2-10H2,1H3,(H,13,14). The maximum atomic E-state index is 5.75. The molecular formula is C12H22N2O. The lowest BCUT2D eigenvalue weighted by Crippen LogP contribution is -2.40. The van der Waals surface area contributed by atoms with Gasteiger partial charge in [0, 0.05) is 26.1 Å². The Morgan fingerprint density at radius 1 is 1.33 bits per heavy atom. The van der Waals surface area contributed by atoms with Crippen LogP contribution in [0.4, 0.5) is 0 Å². The van der Waals surface area contributed by atoms with Crippen molar-refractivity contribution in [3.05, 3.63) is 0 Å². The third-order valence-corrected chi connectivity index (χ3v) is 3.34. The highest BCUT2D eigenvalue weighted by molar-refractivity contribution is 5.82.